The Morgan fingerprint density at radius 1 is 1.50 bits per heavy atom. The zero-order valence-electron chi connectivity index (χ0n) is 10.6. The SMILES string of the molecule is CCC1CNc2cc(-c3nc(C)cs3)ccc2O1. The number of nitrogens with one attached hydrogen (secondary N) is 1. The third kappa shape index (κ3) is 2.08. The number of aryl methyl sites for hydroxylation is 1. The summed E-state index contributed by atoms with van der Waals surface area (Å²) in [6.45, 7) is 5.04. The van der Waals surface area contributed by atoms with E-state index in [1.165, 1.54) is 0 Å². The average Bonchev–Trinajstić information content (AvgIpc) is 2.84. The summed E-state index contributed by atoms with van der Waals surface area (Å²) in [5.74, 6) is 0.949. The third-order valence-electron chi connectivity index (χ3n) is 3.11. The zero-order valence-corrected chi connectivity index (χ0v) is 11.4. The van der Waals surface area contributed by atoms with Gasteiger partial charge in [0.1, 0.15) is 16.9 Å². The number of fused-ring (bicyclic) bond motifs is 1. The number of aromatic nitrogens is 1. The molecule has 1 N–H and O–H groups in total. The van der Waals surface area contributed by atoms with Gasteiger partial charge >= 0.3 is 0 Å². The molecule has 1 unspecified atom stereocenters. The van der Waals surface area contributed by atoms with Crippen molar-refractivity contribution in [2.75, 3.05) is 11.9 Å². The molecule has 1 aliphatic heterocycles. The molecule has 0 radical (unpaired) electrons. The fourth-order valence-corrected chi connectivity index (χ4v) is 2.86. The second kappa shape index (κ2) is 4.61. The molecule has 2 heterocycles. The highest BCUT2D eigenvalue weighted by atomic mass is 32.1. The van der Waals surface area contributed by atoms with Crippen molar-refractivity contribution < 1.29 is 4.74 Å². The lowest BCUT2D eigenvalue weighted by Crippen LogP contribution is -2.29. The molecule has 4 heteroatoms. The minimum Gasteiger partial charge on any atom is -0.486 e. The molecule has 0 spiro atoms. The van der Waals surface area contributed by atoms with E-state index in [0.29, 0.717) is 0 Å². The van der Waals surface area contributed by atoms with E-state index in [2.05, 4.69) is 34.7 Å². The van der Waals surface area contributed by atoms with E-state index in [-0.39, 0.29) is 6.10 Å². The summed E-state index contributed by atoms with van der Waals surface area (Å²) in [5.41, 5.74) is 3.30. The lowest BCUT2D eigenvalue weighted by Gasteiger charge is -2.26. The van der Waals surface area contributed by atoms with Gasteiger partial charge in [0.15, 0.2) is 0 Å². The van der Waals surface area contributed by atoms with E-state index < -0.39 is 0 Å². The quantitative estimate of drug-likeness (QED) is 0.894. The van der Waals surface area contributed by atoms with Crippen LogP contribution >= 0.6 is 11.3 Å². The van der Waals surface area contributed by atoms with Crippen LogP contribution in [0.15, 0.2) is 23.6 Å². The summed E-state index contributed by atoms with van der Waals surface area (Å²) in [4.78, 5) is 4.51. The van der Waals surface area contributed by atoms with Gasteiger partial charge in [-0.05, 0) is 31.5 Å². The molecule has 2 aromatic rings. The first-order valence-electron chi connectivity index (χ1n) is 6.23. The Bertz CT molecular complexity index is 565. The Kier molecular flexibility index (Phi) is 2.96. The van der Waals surface area contributed by atoms with Crippen LogP contribution < -0.4 is 10.1 Å². The first-order valence-corrected chi connectivity index (χ1v) is 7.11. The van der Waals surface area contributed by atoms with Gasteiger partial charge in [0.2, 0.25) is 0 Å². The number of thiazole rings is 1. The Morgan fingerprint density at radius 3 is 3.11 bits per heavy atom. The van der Waals surface area contributed by atoms with Crippen LogP contribution in [0.5, 0.6) is 5.75 Å². The maximum Gasteiger partial charge on any atom is 0.142 e. The highest BCUT2D eigenvalue weighted by molar-refractivity contribution is 7.13. The molecule has 0 saturated heterocycles. The molecular weight excluding hydrogens is 244 g/mol. The van der Waals surface area contributed by atoms with Crippen LogP contribution in [-0.4, -0.2) is 17.6 Å². The van der Waals surface area contributed by atoms with Crippen LogP contribution in [0.4, 0.5) is 5.69 Å². The molecule has 1 aromatic heterocycles. The maximum atomic E-state index is 5.90. The molecule has 3 nitrogen and oxygen atoms in total. The van der Waals surface area contributed by atoms with Crippen LogP contribution in [0.25, 0.3) is 10.6 Å². The Labute approximate surface area is 111 Å². The van der Waals surface area contributed by atoms with E-state index >= 15 is 0 Å². The molecule has 0 aliphatic carbocycles. The third-order valence-corrected chi connectivity index (χ3v) is 4.12. The molecule has 0 fully saturated rings. The minimum atomic E-state index is 0.283. The smallest absolute Gasteiger partial charge is 0.142 e. The second-order valence-corrected chi connectivity index (χ2v) is 5.39. The number of benzene rings is 1. The van der Waals surface area contributed by atoms with E-state index in [1.807, 2.05) is 13.0 Å². The molecule has 0 amide bonds. The van der Waals surface area contributed by atoms with Crippen LogP contribution in [0.2, 0.25) is 0 Å². The van der Waals surface area contributed by atoms with Crippen molar-refractivity contribution in [3.05, 3.63) is 29.3 Å². The first-order chi connectivity index (χ1) is 8.76. The molecule has 94 valence electrons. The molecule has 1 aliphatic rings. The van der Waals surface area contributed by atoms with E-state index in [0.717, 1.165) is 40.7 Å². The van der Waals surface area contributed by atoms with Gasteiger partial charge in [0.05, 0.1) is 12.2 Å². The standard InChI is InChI=1S/C14H16N2OS/c1-3-11-7-15-12-6-10(4-5-13(12)17-11)14-16-9(2)8-18-14/h4-6,8,11,15H,3,7H2,1-2H3. The normalized spacial score (nSPS) is 17.8. The highest BCUT2D eigenvalue weighted by Crippen LogP contribution is 2.34. The summed E-state index contributed by atoms with van der Waals surface area (Å²) in [7, 11) is 0. The topological polar surface area (TPSA) is 34.2 Å². The van der Waals surface area contributed by atoms with Gasteiger partial charge in [0.25, 0.3) is 0 Å². The summed E-state index contributed by atoms with van der Waals surface area (Å²) in [5, 5.41) is 6.57. The fourth-order valence-electron chi connectivity index (χ4n) is 2.06. The Hall–Kier alpha value is -1.55. The summed E-state index contributed by atoms with van der Waals surface area (Å²) < 4.78 is 5.90. The van der Waals surface area contributed by atoms with Crippen LogP contribution in [0.1, 0.15) is 19.0 Å². The average molecular weight is 260 g/mol. The molecule has 0 bridgehead atoms. The molecule has 1 aromatic carbocycles. The molecule has 18 heavy (non-hydrogen) atoms. The minimum absolute atomic E-state index is 0.283. The first kappa shape index (κ1) is 11.5. The monoisotopic (exact) mass is 260 g/mol. The van der Waals surface area contributed by atoms with Crippen LogP contribution in [-0.2, 0) is 0 Å². The molecular formula is C14H16N2OS. The lowest BCUT2D eigenvalue weighted by atomic mass is 10.1. The number of hydrogen-bond acceptors (Lipinski definition) is 4. The van der Waals surface area contributed by atoms with Crippen LogP contribution in [0.3, 0.4) is 0 Å². The number of nitrogens with zero attached hydrogens (tertiary/aromatic N) is 1. The summed E-state index contributed by atoms with van der Waals surface area (Å²) >= 11 is 1.68. The number of hydrogen-bond donors (Lipinski definition) is 1. The van der Waals surface area contributed by atoms with Crippen molar-refractivity contribution in [3.63, 3.8) is 0 Å². The second-order valence-electron chi connectivity index (χ2n) is 4.53. The Balaban J connectivity index is 1.92. The van der Waals surface area contributed by atoms with Gasteiger partial charge in [-0.2, -0.15) is 0 Å². The number of rotatable bonds is 2. The lowest BCUT2D eigenvalue weighted by molar-refractivity contribution is 0.202. The maximum absolute atomic E-state index is 5.90. The van der Waals surface area contributed by atoms with Crippen molar-refractivity contribution in [2.24, 2.45) is 0 Å². The highest BCUT2D eigenvalue weighted by Gasteiger charge is 2.18. The van der Waals surface area contributed by atoms with Gasteiger partial charge < -0.3 is 10.1 Å². The molecule has 3 rings (SSSR count). The van der Waals surface area contributed by atoms with Gasteiger partial charge in [-0.1, -0.05) is 6.92 Å². The van der Waals surface area contributed by atoms with Gasteiger partial charge in [-0.3, -0.25) is 0 Å². The summed E-state index contributed by atoms with van der Waals surface area (Å²) in [6.07, 6.45) is 1.31. The van der Waals surface area contributed by atoms with Gasteiger partial charge in [-0.25, -0.2) is 4.98 Å². The van der Waals surface area contributed by atoms with Crippen molar-refractivity contribution in [3.8, 4) is 16.3 Å². The number of anilines is 1. The fraction of sp³-hybridized carbons (Fsp3) is 0.357. The van der Waals surface area contributed by atoms with Crippen molar-refractivity contribution in [1.29, 1.82) is 0 Å². The molecule has 1 atom stereocenters. The zero-order chi connectivity index (χ0) is 12.5. The van der Waals surface area contributed by atoms with E-state index in [4.69, 9.17) is 4.74 Å². The number of ether oxygens (including phenoxy) is 1. The largest absolute Gasteiger partial charge is 0.486 e. The van der Waals surface area contributed by atoms with Crippen molar-refractivity contribution >= 4 is 17.0 Å². The molecule has 0 saturated carbocycles. The summed E-state index contributed by atoms with van der Waals surface area (Å²) in [6, 6.07) is 6.24. The van der Waals surface area contributed by atoms with E-state index in [9.17, 15) is 0 Å². The van der Waals surface area contributed by atoms with Crippen molar-refractivity contribution in [1.82, 2.24) is 4.98 Å². The van der Waals surface area contributed by atoms with Gasteiger partial charge in [0, 0.05) is 16.6 Å². The van der Waals surface area contributed by atoms with E-state index in [1.54, 1.807) is 11.3 Å². The van der Waals surface area contributed by atoms with Crippen molar-refractivity contribution in [2.45, 2.75) is 26.4 Å². The Morgan fingerprint density at radius 2 is 2.39 bits per heavy atom. The van der Waals surface area contributed by atoms with Crippen LogP contribution in [0, 0.1) is 6.92 Å². The predicted molar refractivity (Wildman–Crippen MR) is 75.5 cm³/mol. The van der Waals surface area contributed by atoms with Gasteiger partial charge in [-0.15, -0.1) is 11.3 Å². The predicted octanol–water partition coefficient (Wildman–Crippen LogP) is 3.70.